The summed E-state index contributed by atoms with van der Waals surface area (Å²) in [7, 11) is 0. The average molecular weight is 436 g/mol. The quantitative estimate of drug-likeness (QED) is 0.285. The van der Waals surface area contributed by atoms with E-state index in [9.17, 15) is 0 Å². The van der Waals surface area contributed by atoms with Gasteiger partial charge in [-0.15, -0.1) is 0 Å². The number of aromatic nitrogens is 3. The lowest BCUT2D eigenvalue weighted by Crippen LogP contribution is -1.95. The molecule has 0 bridgehead atoms. The number of nitrogens with zero attached hydrogens (tertiary/aromatic N) is 3. The van der Waals surface area contributed by atoms with Crippen molar-refractivity contribution in [3.05, 3.63) is 128 Å². The normalized spacial score (nSPS) is 10.9. The van der Waals surface area contributed by atoms with Crippen molar-refractivity contribution in [3.63, 3.8) is 0 Å². The van der Waals surface area contributed by atoms with Gasteiger partial charge in [0.1, 0.15) is 0 Å². The molecular formula is C31H21N3. The van der Waals surface area contributed by atoms with Crippen LogP contribution in [-0.4, -0.2) is 15.0 Å². The van der Waals surface area contributed by atoms with Gasteiger partial charge in [-0.25, -0.2) is 9.97 Å². The van der Waals surface area contributed by atoms with Crippen LogP contribution in [0.3, 0.4) is 0 Å². The van der Waals surface area contributed by atoms with E-state index in [1.165, 1.54) is 22.3 Å². The maximum Gasteiger partial charge on any atom is 0.0973 e. The molecule has 2 aromatic heterocycles. The first-order valence-corrected chi connectivity index (χ1v) is 11.3. The van der Waals surface area contributed by atoms with Crippen molar-refractivity contribution in [1.82, 2.24) is 15.0 Å². The molecule has 6 rings (SSSR count). The van der Waals surface area contributed by atoms with Crippen molar-refractivity contribution < 1.29 is 0 Å². The molecule has 160 valence electrons. The fourth-order valence-corrected chi connectivity index (χ4v) is 4.22. The summed E-state index contributed by atoms with van der Waals surface area (Å²) < 4.78 is 0. The Balaban J connectivity index is 1.38. The molecule has 0 amide bonds. The van der Waals surface area contributed by atoms with E-state index >= 15 is 0 Å². The predicted molar refractivity (Wildman–Crippen MR) is 139 cm³/mol. The number of para-hydroxylation sites is 2. The van der Waals surface area contributed by atoms with Crippen LogP contribution in [0, 0.1) is 0 Å². The Bertz CT molecular complexity index is 1560. The SMILES string of the molecule is c1ccc(-c2nc3ccccc3nc2-c2ccc(-c3ccc(-c4ccncc4)cc3)cc2)cc1. The Morgan fingerprint density at radius 1 is 0.324 bits per heavy atom. The van der Waals surface area contributed by atoms with Crippen molar-refractivity contribution >= 4 is 11.0 Å². The smallest absolute Gasteiger partial charge is 0.0973 e. The number of pyridine rings is 1. The molecule has 0 aliphatic carbocycles. The third-order valence-electron chi connectivity index (χ3n) is 6.01. The molecule has 0 fully saturated rings. The van der Waals surface area contributed by atoms with Crippen LogP contribution in [0.2, 0.25) is 0 Å². The largest absolute Gasteiger partial charge is 0.265 e. The monoisotopic (exact) mass is 435 g/mol. The van der Waals surface area contributed by atoms with Crippen molar-refractivity contribution in [1.29, 1.82) is 0 Å². The second-order valence-corrected chi connectivity index (χ2v) is 8.17. The van der Waals surface area contributed by atoms with Gasteiger partial charge in [0.25, 0.3) is 0 Å². The minimum Gasteiger partial charge on any atom is -0.265 e. The van der Waals surface area contributed by atoms with Crippen molar-refractivity contribution in [2.24, 2.45) is 0 Å². The van der Waals surface area contributed by atoms with Crippen LogP contribution >= 0.6 is 0 Å². The molecule has 0 saturated heterocycles. The molecule has 4 aromatic carbocycles. The lowest BCUT2D eigenvalue weighted by molar-refractivity contribution is 1.29. The van der Waals surface area contributed by atoms with Crippen LogP contribution in [0.25, 0.3) is 55.8 Å². The third kappa shape index (κ3) is 3.84. The highest BCUT2D eigenvalue weighted by Gasteiger charge is 2.13. The van der Waals surface area contributed by atoms with Crippen LogP contribution < -0.4 is 0 Å². The van der Waals surface area contributed by atoms with E-state index in [1.54, 1.807) is 0 Å². The summed E-state index contributed by atoms with van der Waals surface area (Å²) in [6, 6.07) is 39.6. The number of fused-ring (bicyclic) bond motifs is 1. The van der Waals surface area contributed by atoms with E-state index in [1.807, 2.05) is 67.0 Å². The van der Waals surface area contributed by atoms with E-state index in [4.69, 9.17) is 9.97 Å². The topological polar surface area (TPSA) is 38.7 Å². The predicted octanol–water partition coefficient (Wildman–Crippen LogP) is 7.69. The molecule has 0 aliphatic rings. The first-order valence-electron chi connectivity index (χ1n) is 11.3. The summed E-state index contributed by atoms with van der Waals surface area (Å²) >= 11 is 0. The maximum atomic E-state index is 5.00. The minimum absolute atomic E-state index is 0.893. The van der Waals surface area contributed by atoms with Gasteiger partial charge in [0.05, 0.1) is 22.4 Å². The number of rotatable bonds is 4. The molecule has 0 unspecified atom stereocenters. The third-order valence-corrected chi connectivity index (χ3v) is 6.01. The highest BCUT2D eigenvalue weighted by Crippen LogP contribution is 2.32. The Hall–Kier alpha value is -4.63. The Morgan fingerprint density at radius 2 is 0.706 bits per heavy atom. The fraction of sp³-hybridized carbons (Fsp3) is 0. The molecule has 6 aromatic rings. The lowest BCUT2D eigenvalue weighted by atomic mass is 9.98. The van der Waals surface area contributed by atoms with Gasteiger partial charge in [-0.3, -0.25) is 4.98 Å². The van der Waals surface area contributed by atoms with Gasteiger partial charge in [0.15, 0.2) is 0 Å². The number of hydrogen-bond donors (Lipinski definition) is 0. The Kier molecular flexibility index (Phi) is 5.13. The molecule has 0 radical (unpaired) electrons. The van der Waals surface area contributed by atoms with Crippen LogP contribution in [0.4, 0.5) is 0 Å². The molecule has 34 heavy (non-hydrogen) atoms. The molecule has 0 saturated carbocycles. The molecule has 0 aliphatic heterocycles. The second-order valence-electron chi connectivity index (χ2n) is 8.17. The maximum absolute atomic E-state index is 5.00. The zero-order chi connectivity index (χ0) is 22.7. The second kappa shape index (κ2) is 8.72. The standard InChI is InChI=1S/C31H21N3/c1-2-6-26(7-3-1)30-31(34-29-9-5-4-8-28(29)33-30)27-16-14-23(15-17-27)22-10-12-24(13-11-22)25-18-20-32-21-19-25/h1-21H. The zero-order valence-electron chi connectivity index (χ0n) is 18.5. The van der Waals surface area contributed by atoms with Crippen molar-refractivity contribution in [2.45, 2.75) is 0 Å². The lowest BCUT2D eigenvalue weighted by Gasteiger charge is -2.11. The zero-order valence-corrected chi connectivity index (χ0v) is 18.5. The molecule has 0 N–H and O–H groups in total. The van der Waals surface area contributed by atoms with E-state index < -0.39 is 0 Å². The van der Waals surface area contributed by atoms with Crippen molar-refractivity contribution in [2.75, 3.05) is 0 Å². The van der Waals surface area contributed by atoms with Crippen LogP contribution in [0.15, 0.2) is 128 Å². The Labute approximate surface area is 198 Å². The van der Waals surface area contributed by atoms with Gasteiger partial charge in [-0.2, -0.15) is 0 Å². The molecule has 0 atom stereocenters. The highest BCUT2D eigenvalue weighted by atomic mass is 14.8. The van der Waals surface area contributed by atoms with Crippen molar-refractivity contribution in [3.8, 4) is 44.8 Å². The van der Waals surface area contributed by atoms with Gasteiger partial charge in [-0.05, 0) is 46.5 Å². The average Bonchev–Trinajstić information content (AvgIpc) is 2.93. The summed E-state index contributed by atoms with van der Waals surface area (Å²) in [6.45, 7) is 0. The van der Waals surface area contributed by atoms with E-state index in [0.29, 0.717) is 0 Å². The van der Waals surface area contributed by atoms with E-state index in [-0.39, 0.29) is 0 Å². The van der Waals surface area contributed by atoms with Gasteiger partial charge < -0.3 is 0 Å². The first-order chi connectivity index (χ1) is 16.8. The minimum atomic E-state index is 0.893. The van der Waals surface area contributed by atoms with Gasteiger partial charge in [0.2, 0.25) is 0 Å². The van der Waals surface area contributed by atoms with Gasteiger partial charge >= 0.3 is 0 Å². The highest BCUT2D eigenvalue weighted by molar-refractivity contribution is 5.86. The molecular weight excluding hydrogens is 414 g/mol. The Morgan fingerprint density at radius 3 is 1.21 bits per heavy atom. The number of hydrogen-bond acceptors (Lipinski definition) is 3. The summed E-state index contributed by atoms with van der Waals surface area (Å²) in [4.78, 5) is 14.1. The summed E-state index contributed by atoms with van der Waals surface area (Å²) in [5.74, 6) is 0. The van der Waals surface area contributed by atoms with E-state index in [2.05, 4.69) is 65.6 Å². The first kappa shape index (κ1) is 20.0. The number of benzene rings is 4. The summed E-state index contributed by atoms with van der Waals surface area (Å²) in [5.41, 5.74) is 10.4. The van der Waals surface area contributed by atoms with Crippen LogP contribution in [0.1, 0.15) is 0 Å². The molecule has 0 spiro atoms. The summed E-state index contributed by atoms with van der Waals surface area (Å²) in [5, 5.41) is 0. The molecule has 2 heterocycles. The van der Waals surface area contributed by atoms with E-state index in [0.717, 1.165) is 33.5 Å². The fourth-order valence-electron chi connectivity index (χ4n) is 4.22. The van der Waals surface area contributed by atoms with Gasteiger partial charge in [0, 0.05) is 23.5 Å². The van der Waals surface area contributed by atoms with Crippen LogP contribution in [0.5, 0.6) is 0 Å². The van der Waals surface area contributed by atoms with Crippen LogP contribution in [-0.2, 0) is 0 Å². The summed E-state index contributed by atoms with van der Waals surface area (Å²) in [6.07, 6.45) is 3.64. The van der Waals surface area contributed by atoms with Gasteiger partial charge in [-0.1, -0.05) is 91.0 Å². The molecule has 3 nitrogen and oxygen atoms in total. The molecule has 3 heteroatoms.